The molecule has 0 aromatic carbocycles. The van der Waals surface area contributed by atoms with Crippen LogP contribution >= 0.6 is 0 Å². The minimum absolute atomic E-state index is 0.0234. The van der Waals surface area contributed by atoms with E-state index in [0.29, 0.717) is 0 Å². The summed E-state index contributed by atoms with van der Waals surface area (Å²) >= 11 is 0. The van der Waals surface area contributed by atoms with Gasteiger partial charge in [0.1, 0.15) is 5.54 Å². The van der Waals surface area contributed by atoms with Crippen LogP contribution in [0.1, 0.15) is 33.1 Å². The van der Waals surface area contributed by atoms with Crippen molar-refractivity contribution in [3.05, 3.63) is 0 Å². The number of rotatable bonds is 4. The summed E-state index contributed by atoms with van der Waals surface area (Å²) in [5, 5.41) is 11.9. The molecule has 0 aliphatic heterocycles. The molecule has 2 atom stereocenters. The molecular weight excluding hydrogens is 236 g/mol. The largest absolute Gasteiger partial charge is 0.480 e. The molecule has 104 valence electrons. The van der Waals surface area contributed by atoms with Gasteiger partial charge in [-0.1, -0.05) is 0 Å². The second-order valence-corrected chi connectivity index (χ2v) is 5.18. The summed E-state index contributed by atoms with van der Waals surface area (Å²) < 4.78 is 5.29. The molecule has 1 rings (SSSR count). The van der Waals surface area contributed by atoms with Crippen LogP contribution in [0.4, 0.5) is 4.79 Å². The minimum Gasteiger partial charge on any atom is -0.480 e. The van der Waals surface area contributed by atoms with Gasteiger partial charge in [-0.15, -0.1) is 0 Å². The molecule has 0 spiro atoms. The minimum atomic E-state index is -1.23. The van der Waals surface area contributed by atoms with Gasteiger partial charge in [0.05, 0.1) is 12.1 Å². The monoisotopic (exact) mass is 258 g/mol. The van der Waals surface area contributed by atoms with E-state index in [1.165, 1.54) is 25.8 Å². The number of amides is 2. The Kier molecular flexibility index (Phi) is 4.56. The molecule has 18 heavy (non-hydrogen) atoms. The molecular formula is C12H22N2O4. The van der Waals surface area contributed by atoms with Crippen LogP contribution in [-0.4, -0.2) is 53.8 Å². The number of likely N-dealkylation sites (N-methyl/N-ethyl adjacent to an activating group) is 1. The van der Waals surface area contributed by atoms with Crippen LogP contribution in [0.5, 0.6) is 0 Å². The number of hydrogen-bond donors (Lipinski definition) is 2. The van der Waals surface area contributed by atoms with E-state index in [1.807, 2.05) is 0 Å². The van der Waals surface area contributed by atoms with Gasteiger partial charge in [0, 0.05) is 14.2 Å². The van der Waals surface area contributed by atoms with Gasteiger partial charge in [-0.05, 0) is 33.1 Å². The Morgan fingerprint density at radius 3 is 2.50 bits per heavy atom. The fourth-order valence-electron chi connectivity index (χ4n) is 2.03. The zero-order valence-electron chi connectivity index (χ0n) is 11.4. The Morgan fingerprint density at radius 1 is 1.39 bits per heavy atom. The standard InChI is InChI=1S/C12H22N2O4/c1-12(2,10(15)16)14(3)11(17)13-8-6-5-7-9(8)18-4/h8-9H,5-7H2,1-4H3,(H,13,17)(H,15,16). The summed E-state index contributed by atoms with van der Waals surface area (Å²) in [4.78, 5) is 24.3. The van der Waals surface area contributed by atoms with Crippen molar-refractivity contribution in [1.82, 2.24) is 10.2 Å². The topological polar surface area (TPSA) is 78.9 Å². The van der Waals surface area contributed by atoms with Crippen molar-refractivity contribution in [2.45, 2.75) is 50.8 Å². The van der Waals surface area contributed by atoms with Gasteiger partial charge in [-0.2, -0.15) is 0 Å². The smallest absolute Gasteiger partial charge is 0.329 e. The summed E-state index contributed by atoms with van der Waals surface area (Å²) in [5.41, 5.74) is -1.23. The molecule has 1 aliphatic carbocycles. The predicted octanol–water partition coefficient (Wildman–Crippen LogP) is 1.06. The molecule has 1 saturated carbocycles. The van der Waals surface area contributed by atoms with Crippen LogP contribution < -0.4 is 5.32 Å². The molecule has 0 bridgehead atoms. The number of aliphatic carboxylic acids is 1. The zero-order valence-corrected chi connectivity index (χ0v) is 11.4. The number of carbonyl (C=O) groups excluding carboxylic acids is 1. The highest BCUT2D eigenvalue weighted by molar-refractivity contribution is 5.85. The normalized spacial score (nSPS) is 23.8. The van der Waals surface area contributed by atoms with Crippen LogP contribution in [0.2, 0.25) is 0 Å². The molecule has 0 radical (unpaired) electrons. The van der Waals surface area contributed by atoms with Crippen molar-refractivity contribution in [1.29, 1.82) is 0 Å². The van der Waals surface area contributed by atoms with Gasteiger partial charge in [0.25, 0.3) is 0 Å². The first-order valence-electron chi connectivity index (χ1n) is 6.11. The maximum atomic E-state index is 12.0. The van der Waals surface area contributed by atoms with Crippen LogP contribution in [0.3, 0.4) is 0 Å². The van der Waals surface area contributed by atoms with E-state index in [2.05, 4.69) is 5.32 Å². The second-order valence-electron chi connectivity index (χ2n) is 5.18. The Labute approximate surface area is 107 Å². The highest BCUT2D eigenvalue weighted by Gasteiger charge is 2.37. The second kappa shape index (κ2) is 5.56. The molecule has 0 aromatic rings. The van der Waals surface area contributed by atoms with Crippen LogP contribution in [-0.2, 0) is 9.53 Å². The molecule has 2 unspecified atom stereocenters. The molecule has 0 heterocycles. The van der Waals surface area contributed by atoms with E-state index in [9.17, 15) is 9.59 Å². The van der Waals surface area contributed by atoms with Gasteiger partial charge in [0.15, 0.2) is 0 Å². The maximum absolute atomic E-state index is 12.0. The maximum Gasteiger partial charge on any atom is 0.329 e. The first-order chi connectivity index (χ1) is 8.30. The Bertz CT molecular complexity index is 330. The molecule has 6 heteroatoms. The fourth-order valence-corrected chi connectivity index (χ4v) is 2.03. The van der Waals surface area contributed by atoms with Gasteiger partial charge >= 0.3 is 12.0 Å². The van der Waals surface area contributed by atoms with E-state index >= 15 is 0 Å². The van der Waals surface area contributed by atoms with E-state index in [4.69, 9.17) is 9.84 Å². The summed E-state index contributed by atoms with van der Waals surface area (Å²) in [5.74, 6) is -1.03. The lowest BCUT2D eigenvalue weighted by molar-refractivity contribution is -0.146. The number of nitrogens with one attached hydrogen (secondary N) is 1. The fraction of sp³-hybridized carbons (Fsp3) is 0.833. The Morgan fingerprint density at radius 2 is 2.00 bits per heavy atom. The average molecular weight is 258 g/mol. The highest BCUT2D eigenvalue weighted by atomic mass is 16.5. The van der Waals surface area contributed by atoms with Crippen molar-refractivity contribution in [3.8, 4) is 0 Å². The summed E-state index contributed by atoms with van der Waals surface area (Å²) in [7, 11) is 3.11. The zero-order chi connectivity index (χ0) is 13.9. The van der Waals surface area contributed by atoms with Crippen LogP contribution in [0.25, 0.3) is 0 Å². The predicted molar refractivity (Wildman–Crippen MR) is 66.4 cm³/mol. The molecule has 1 aliphatic rings. The summed E-state index contributed by atoms with van der Waals surface area (Å²) in [6, 6.07) is -0.411. The number of carboxylic acids is 1. The van der Waals surface area contributed by atoms with E-state index in [-0.39, 0.29) is 18.2 Å². The van der Waals surface area contributed by atoms with Crippen LogP contribution in [0.15, 0.2) is 0 Å². The van der Waals surface area contributed by atoms with Crippen molar-refractivity contribution in [2.24, 2.45) is 0 Å². The molecule has 1 fully saturated rings. The number of methoxy groups -OCH3 is 1. The number of carbonyl (C=O) groups is 2. The molecule has 0 aromatic heterocycles. The Balaban J connectivity index is 2.63. The lowest BCUT2D eigenvalue weighted by Gasteiger charge is -2.33. The first kappa shape index (κ1) is 14.8. The lowest BCUT2D eigenvalue weighted by Crippen LogP contribution is -2.56. The van der Waals surface area contributed by atoms with Gasteiger partial charge in [-0.25, -0.2) is 9.59 Å². The van der Waals surface area contributed by atoms with Crippen molar-refractivity contribution in [2.75, 3.05) is 14.2 Å². The molecule has 2 amide bonds. The van der Waals surface area contributed by atoms with Crippen molar-refractivity contribution >= 4 is 12.0 Å². The number of urea groups is 1. The third-order valence-corrected chi connectivity index (χ3v) is 3.73. The van der Waals surface area contributed by atoms with Crippen molar-refractivity contribution < 1.29 is 19.4 Å². The summed E-state index contributed by atoms with van der Waals surface area (Å²) in [6.07, 6.45) is 2.82. The van der Waals surface area contributed by atoms with Crippen molar-refractivity contribution in [3.63, 3.8) is 0 Å². The van der Waals surface area contributed by atoms with Gasteiger partial charge in [0.2, 0.25) is 0 Å². The Hall–Kier alpha value is -1.30. The van der Waals surface area contributed by atoms with E-state index in [0.717, 1.165) is 19.3 Å². The van der Waals surface area contributed by atoms with E-state index < -0.39 is 11.5 Å². The summed E-state index contributed by atoms with van der Waals surface area (Å²) in [6.45, 7) is 2.99. The highest BCUT2D eigenvalue weighted by Crippen LogP contribution is 2.22. The number of hydrogen-bond acceptors (Lipinski definition) is 3. The number of nitrogens with zero attached hydrogens (tertiary/aromatic N) is 1. The van der Waals surface area contributed by atoms with Gasteiger partial charge in [-0.3, -0.25) is 0 Å². The number of ether oxygens (including phenoxy) is 1. The molecule has 2 N–H and O–H groups in total. The number of carboxylic acid groups (broad SMARTS) is 1. The average Bonchev–Trinajstić information content (AvgIpc) is 2.74. The third-order valence-electron chi connectivity index (χ3n) is 3.73. The SMILES string of the molecule is COC1CCCC1NC(=O)N(C)C(C)(C)C(=O)O. The van der Waals surface area contributed by atoms with Gasteiger partial charge < -0.3 is 20.1 Å². The quantitative estimate of drug-likeness (QED) is 0.790. The molecule has 6 nitrogen and oxygen atoms in total. The van der Waals surface area contributed by atoms with Crippen LogP contribution in [0, 0.1) is 0 Å². The molecule has 0 saturated heterocycles. The first-order valence-corrected chi connectivity index (χ1v) is 6.11. The third kappa shape index (κ3) is 2.93. The lowest BCUT2D eigenvalue weighted by atomic mass is 10.0. The van der Waals surface area contributed by atoms with E-state index in [1.54, 1.807) is 7.11 Å².